The summed E-state index contributed by atoms with van der Waals surface area (Å²) in [4.78, 5) is 4.18. The van der Waals surface area contributed by atoms with E-state index < -0.39 is 0 Å². The molecule has 6 nitrogen and oxygen atoms in total. The molecule has 2 aromatic carbocycles. The number of nitrogens with zero attached hydrogens (tertiary/aromatic N) is 1. The number of hydrogen-bond acceptors (Lipinski definition) is 4. The first-order valence-electron chi connectivity index (χ1n) is 8.90. The van der Waals surface area contributed by atoms with E-state index in [2.05, 4.69) is 15.6 Å². The average Bonchev–Trinajstić information content (AvgIpc) is 2.69. The zero-order chi connectivity index (χ0) is 19.1. The standard InChI is InChI=1S/C20H24FN3O3.HI/c1-14(26-17-8-4-3-7-16(17)21)11-23-20(22-2)24-12-15-13-25-18-9-5-6-10-19(18)27-15;/h3-10,14-15H,11-13H2,1-2H3,(H2,22,23,24);1H. The van der Waals surface area contributed by atoms with Gasteiger partial charge in [-0.05, 0) is 31.2 Å². The topological polar surface area (TPSA) is 64.1 Å². The second-order valence-electron chi connectivity index (χ2n) is 6.19. The van der Waals surface area contributed by atoms with Gasteiger partial charge in [0.05, 0.1) is 13.1 Å². The Morgan fingerprint density at radius 2 is 1.89 bits per heavy atom. The Kier molecular flexibility index (Phi) is 8.62. The van der Waals surface area contributed by atoms with Gasteiger partial charge in [0.1, 0.15) is 18.8 Å². The van der Waals surface area contributed by atoms with Crippen LogP contribution in [0.15, 0.2) is 53.5 Å². The van der Waals surface area contributed by atoms with Crippen molar-refractivity contribution in [1.82, 2.24) is 10.6 Å². The average molecular weight is 501 g/mol. The highest BCUT2D eigenvalue weighted by Crippen LogP contribution is 2.30. The lowest BCUT2D eigenvalue weighted by Gasteiger charge is -2.27. The van der Waals surface area contributed by atoms with Crippen LogP contribution in [0.3, 0.4) is 0 Å². The molecule has 1 aliphatic heterocycles. The molecule has 0 saturated heterocycles. The Morgan fingerprint density at radius 3 is 2.64 bits per heavy atom. The van der Waals surface area contributed by atoms with Gasteiger partial charge >= 0.3 is 0 Å². The van der Waals surface area contributed by atoms with Gasteiger partial charge in [0.2, 0.25) is 0 Å². The summed E-state index contributed by atoms with van der Waals surface area (Å²) < 4.78 is 30.9. The van der Waals surface area contributed by atoms with Crippen LogP contribution in [0.25, 0.3) is 0 Å². The minimum Gasteiger partial charge on any atom is -0.486 e. The van der Waals surface area contributed by atoms with E-state index in [-0.39, 0.29) is 47.8 Å². The molecule has 0 spiro atoms. The van der Waals surface area contributed by atoms with Gasteiger partial charge in [0, 0.05) is 7.05 Å². The first-order chi connectivity index (χ1) is 13.2. The Bertz CT molecular complexity index is 791. The number of nitrogens with one attached hydrogen (secondary N) is 2. The molecule has 2 aromatic rings. The molecule has 1 aliphatic rings. The van der Waals surface area contributed by atoms with Crippen LogP contribution < -0.4 is 24.8 Å². The van der Waals surface area contributed by atoms with Gasteiger partial charge in [-0.1, -0.05) is 24.3 Å². The number of para-hydroxylation sites is 3. The lowest BCUT2D eigenvalue weighted by molar-refractivity contribution is 0.0935. The van der Waals surface area contributed by atoms with E-state index in [1.54, 1.807) is 25.2 Å². The van der Waals surface area contributed by atoms with E-state index in [1.165, 1.54) is 6.07 Å². The molecule has 0 fully saturated rings. The van der Waals surface area contributed by atoms with Crippen molar-refractivity contribution in [2.75, 3.05) is 26.7 Å². The maximum absolute atomic E-state index is 13.6. The molecule has 0 aromatic heterocycles. The first kappa shape index (κ1) is 22.1. The van der Waals surface area contributed by atoms with Crippen LogP contribution in [0.2, 0.25) is 0 Å². The summed E-state index contributed by atoms with van der Waals surface area (Å²) in [5.74, 6) is 1.98. The summed E-state index contributed by atoms with van der Waals surface area (Å²) in [6.07, 6.45) is -0.355. The molecular weight excluding hydrogens is 476 g/mol. The molecule has 0 amide bonds. The summed E-state index contributed by atoms with van der Waals surface area (Å²) in [5.41, 5.74) is 0. The zero-order valence-corrected chi connectivity index (χ0v) is 18.2. The molecule has 2 atom stereocenters. The number of benzene rings is 2. The van der Waals surface area contributed by atoms with Crippen molar-refractivity contribution < 1.29 is 18.6 Å². The number of hydrogen-bond donors (Lipinski definition) is 2. The molecule has 8 heteroatoms. The summed E-state index contributed by atoms with van der Waals surface area (Å²) in [5, 5.41) is 6.37. The van der Waals surface area contributed by atoms with Crippen molar-refractivity contribution in [3.63, 3.8) is 0 Å². The maximum Gasteiger partial charge on any atom is 0.191 e. The van der Waals surface area contributed by atoms with Crippen LogP contribution in [0, 0.1) is 5.82 Å². The molecule has 152 valence electrons. The van der Waals surface area contributed by atoms with Crippen LogP contribution in [0.5, 0.6) is 17.2 Å². The lowest BCUT2D eigenvalue weighted by atomic mass is 10.2. The van der Waals surface area contributed by atoms with Crippen LogP contribution >= 0.6 is 24.0 Å². The van der Waals surface area contributed by atoms with Gasteiger partial charge in [0.15, 0.2) is 29.0 Å². The van der Waals surface area contributed by atoms with Crippen molar-refractivity contribution >= 4 is 29.9 Å². The van der Waals surface area contributed by atoms with Gasteiger partial charge in [-0.25, -0.2) is 4.39 Å². The van der Waals surface area contributed by atoms with Crippen molar-refractivity contribution in [3.05, 3.63) is 54.3 Å². The molecule has 0 aliphatic carbocycles. The molecule has 0 radical (unpaired) electrons. The van der Waals surface area contributed by atoms with Crippen LogP contribution in [0.1, 0.15) is 6.92 Å². The third-order valence-electron chi connectivity index (χ3n) is 4.01. The third-order valence-corrected chi connectivity index (χ3v) is 4.01. The van der Waals surface area contributed by atoms with Gasteiger partial charge in [-0.2, -0.15) is 0 Å². The highest BCUT2D eigenvalue weighted by molar-refractivity contribution is 14.0. The number of fused-ring (bicyclic) bond motifs is 1. The maximum atomic E-state index is 13.6. The second kappa shape index (κ2) is 10.9. The van der Waals surface area contributed by atoms with Gasteiger partial charge in [0.25, 0.3) is 0 Å². The SMILES string of the molecule is CN=C(NCC(C)Oc1ccccc1F)NCC1COc2ccccc2O1.I. The fourth-order valence-corrected chi connectivity index (χ4v) is 2.63. The van der Waals surface area contributed by atoms with Gasteiger partial charge in [-0.15, -0.1) is 24.0 Å². The molecule has 2 N–H and O–H groups in total. The van der Waals surface area contributed by atoms with Gasteiger partial charge < -0.3 is 24.8 Å². The zero-order valence-electron chi connectivity index (χ0n) is 15.9. The summed E-state index contributed by atoms with van der Waals surface area (Å²) in [7, 11) is 1.69. The quantitative estimate of drug-likeness (QED) is 0.362. The molecule has 0 saturated carbocycles. The Labute approximate surface area is 181 Å². The predicted molar refractivity (Wildman–Crippen MR) is 118 cm³/mol. The van der Waals surface area contributed by atoms with Crippen molar-refractivity contribution in [1.29, 1.82) is 0 Å². The number of ether oxygens (including phenoxy) is 3. The van der Waals surface area contributed by atoms with E-state index in [4.69, 9.17) is 14.2 Å². The lowest BCUT2D eigenvalue weighted by Crippen LogP contribution is -2.47. The number of aliphatic imine (C=N–C) groups is 1. The summed E-state index contributed by atoms with van der Waals surface area (Å²) >= 11 is 0. The van der Waals surface area contributed by atoms with Crippen molar-refractivity contribution in [2.24, 2.45) is 4.99 Å². The van der Waals surface area contributed by atoms with E-state index >= 15 is 0 Å². The Hall–Kier alpha value is -2.23. The monoisotopic (exact) mass is 501 g/mol. The Balaban J connectivity index is 0.00000280. The predicted octanol–water partition coefficient (Wildman–Crippen LogP) is 3.22. The second-order valence-corrected chi connectivity index (χ2v) is 6.19. The largest absolute Gasteiger partial charge is 0.486 e. The summed E-state index contributed by atoms with van der Waals surface area (Å²) in [6, 6.07) is 14.0. The molecule has 28 heavy (non-hydrogen) atoms. The van der Waals surface area contributed by atoms with Crippen LogP contribution in [-0.4, -0.2) is 44.9 Å². The Morgan fingerprint density at radius 1 is 1.18 bits per heavy atom. The van der Waals surface area contributed by atoms with E-state index in [0.29, 0.717) is 25.7 Å². The number of rotatable bonds is 6. The fraction of sp³-hybridized carbons (Fsp3) is 0.350. The minimum atomic E-state index is -0.374. The van der Waals surface area contributed by atoms with Crippen molar-refractivity contribution in [2.45, 2.75) is 19.1 Å². The van der Waals surface area contributed by atoms with E-state index in [1.807, 2.05) is 31.2 Å². The normalized spacial score (nSPS) is 16.5. The molecule has 2 unspecified atom stereocenters. The highest BCUT2D eigenvalue weighted by Gasteiger charge is 2.20. The highest BCUT2D eigenvalue weighted by atomic mass is 127. The first-order valence-corrected chi connectivity index (χ1v) is 8.90. The van der Waals surface area contributed by atoms with Gasteiger partial charge in [-0.3, -0.25) is 4.99 Å². The van der Waals surface area contributed by atoms with E-state index in [9.17, 15) is 4.39 Å². The van der Waals surface area contributed by atoms with Crippen molar-refractivity contribution in [3.8, 4) is 17.2 Å². The third kappa shape index (κ3) is 6.15. The minimum absolute atomic E-state index is 0. The van der Waals surface area contributed by atoms with E-state index in [0.717, 1.165) is 11.5 Å². The number of guanidine groups is 1. The number of halogens is 2. The molecule has 1 heterocycles. The fourth-order valence-electron chi connectivity index (χ4n) is 2.63. The molecule has 3 rings (SSSR count). The molecule has 0 bridgehead atoms. The smallest absolute Gasteiger partial charge is 0.191 e. The summed E-state index contributed by atoms with van der Waals surface area (Å²) in [6.45, 7) is 3.34. The van der Waals surface area contributed by atoms with Crippen LogP contribution in [-0.2, 0) is 0 Å². The van der Waals surface area contributed by atoms with Crippen LogP contribution in [0.4, 0.5) is 4.39 Å². The molecular formula is C20H25FIN3O3.